The number of rotatable bonds is 1. The zero-order valence-corrected chi connectivity index (χ0v) is 8.63. The summed E-state index contributed by atoms with van der Waals surface area (Å²) in [6.07, 6.45) is 9.63. The van der Waals surface area contributed by atoms with Gasteiger partial charge < -0.3 is 0 Å². The number of hydrogen-bond acceptors (Lipinski definition) is 0. The minimum Gasteiger partial charge on any atom is -0.0651 e. The summed E-state index contributed by atoms with van der Waals surface area (Å²) in [4.78, 5) is 0. The van der Waals surface area contributed by atoms with E-state index in [1.807, 2.05) is 0 Å². The summed E-state index contributed by atoms with van der Waals surface area (Å²) in [6, 6.07) is 0. The fourth-order valence-electron chi connectivity index (χ4n) is 6.05. The second-order valence-corrected chi connectivity index (χ2v) is 6.38. The first-order chi connectivity index (χ1) is 6.33. The van der Waals surface area contributed by atoms with Crippen LogP contribution in [0.1, 0.15) is 45.4 Å². The van der Waals surface area contributed by atoms with E-state index in [2.05, 4.69) is 6.92 Å². The van der Waals surface area contributed by atoms with E-state index in [1.165, 1.54) is 36.0 Å². The first-order valence-corrected chi connectivity index (χ1v) is 6.33. The molecule has 4 atom stereocenters. The first-order valence-electron chi connectivity index (χ1n) is 6.33. The second-order valence-electron chi connectivity index (χ2n) is 6.38. The van der Waals surface area contributed by atoms with Gasteiger partial charge in [0.1, 0.15) is 0 Å². The molecule has 1 spiro atoms. The van der Waals surface area contributed by atoms with E-state index in [4.69, 9.17) is 0 Å². The van der Waals surface area contributed by atoms with Crippen molar-refractivity contribution in [1.82, 2.24) is 0 Å². The Balaban J connectivity index is 1.76. The highest BCUT2D eigenvalue weighted by molar-refractivity contribution is 5.20. The fourth-order valence-corrected chi connectivity index (χ4v) is 6.05. The van der Waals surface area contributed by atoms with Gasteiger partial charge in [0.15, 0.2) is 0 Å². The van der Waals surface area contributed by atoms with Crippen LogP contribution in [0.2, 0.25) is 0 Å². The van der Waals surface area contributed by atoms with Crippen LogP contribution in [-0.4, -0.2) is 0 Å². The Kier molecular flexibility index (Phi) is 1.12. The standard InChI is InChI=1S/C13H20/c1-2-11-12-10-4-8-3-9(5-10)7-13(11,12)6-8/h8-12H,2-7H2,1H3. The van der Waals surface area contributed by atoms with Gasteiger partial charge in [-0.1, -0.05) is 13.3 Å². The van der Waals surface area contributed by atoms with Gasteiger partial charge in [-0.2, -0.15) is 0 Å². The molecular formula is C13H20. The third-order valence-corrected chi connectivity index (χ3v) is 5.95. The van der Waals surface area contributed by atoms with Crippen molar-refractivity contribution in [3.05, 3.63) is 0 Å². The Hall–Kier alpha value is 0. The van der Waals surface area contributed by atoms with Crippen LogP contribution in [-0.2, 0) is 0 Å². The van der Waals surface area contributed by atoms with Gasteiger partial charge in [0.05, 0.1) is 0 Å². The molecule has 5 saturated carbocycles. The quantitative estimate of drug-likeness (QED) is 0.574. The van der Waals surface area contributed by atoms with Crippen LogP contribution in [0.25, 0.3) is 0 Å². The van der Waals surface area contributed by atoms with Gasteiger partial charge in [0, 0.05) is 0 Å². The lowest BCUT2D eigenvalue weighted by Crippen LogP contribution is -2.39. The van der Waals surface area contributed by atoms with Crippen molar-refractivity contribution in [3.8, 4) is 0 Å². The Labute approximate surface area is 81.1 Å². The molecule has 5 rings (SSSR count). The lowest BCUT2D eigenvalue weighted by atomic mass is 9.56. The molecule has 0 radical (unpaired) electrons. The normalized spacial score (nSPS) is 66.7. The van der Waals surface area contributed by atoms with Gasteiger partial charge in [-0.3, -0.25) is 0 Å². The van der Waals surface area contributed by atoms with E-state index in [-0.39, 0.29) is 0 Å². The van der Waals surface area contributed by atoms with Gasteiger partial charge >= 0.3 is 0 Å². The highest BCUT2D eigenvalue weighted by atomic mass is 14.8. The lowest BCUT2D eigenvalue weighted by molar-refractivity contribution is 0.0107. The van der Waals surface area contributed by atoms with E-state index in [0.717, 1.165) is 5.41 Å². The molecule has 0 aliphatic heterocycles. The van der Waals surface area contributed by atoms with E-state index >= 15 is 0 Å². The van der Waals surface area contributed by atoms with Gasteiger partial charge in [-0.15, -0.1) is 0 Å². The third-order valence-electron chi connectivity index (χ3n) is 5.95. The molecule has 5 aliphatic carbocycles. The van der Waals surface area contributed by atoms with Crippen LogP contribution >= 0.6 is 0 Å². The highest BCUT2D eigenvalue weighted by Gasteiger charge is 2.72. The predicted octanol–water partition coefficient (Wildman–Crippen LogP) is 3.47. The molecule has 72 valence electrons. The Morgan fingerprint density at radius 3 is 2.38 bits per heavy atom. The molecule has 0 N–H and O–H groups in total. The molecule has 0 nitrogen and oxygen atoms in total. The maximum absolute atomic E-state index is 2.43. The SMILES string of the molecule is CCC1C2C3CC4CC(C3)CC12C4. The minimum absolute atomic E-state index is 0.934. The average molecular weight is 176 g/mol. The smallest absolute Gasteiger partial charge is 0.0227 e. The summed E-state index contributed by atoms with van der Waals surface area (Å²) in [5.74, 6) is 5.92. The van der Waals surface area contributed by atoms with Crippen molar-refractivity contribution in [2.24, 2.45) is 35.0 Å². The molecule has 0 aromatic carbocycles. The second kappa shape index (κ2) is 1.99. The van der Waals surface area contributed by atoms with Crippen molar-refractivity contribution in [2.45, 2.75) is 45.4 Å². The minimum atomic E-state index is 0.934. The third kappa shape index (κ3) is 0.680. The van der Waals surface area contributed by atoms with Crippen molar-refractivity contribution >= 4 is 0 Å². The van der Waals surface area contributed by atoms with Crippen LogP contribution in [0.5, 0.6) is 0 Å². The van der Waals surface area contributed by atoms with Crippen molar-refractivity contribution in [1.29, 1.82) is 0 Å². The van der Waals surface area contributed by atoms with E-state index < -0.39 is 0 Å². The molecule has 0 heteroatoms. The van der Waals surface area contributed by atoms with E-state index in [9.17, 15) is 0 Å². The molecule has 5 fully saturated rings. The van der Waals surface area contributed by atoms with Gasteiger partial charge in [0.25, 0.3) is 0 Å². The Morgan fingerprint density at radius 2 is 1.77 bits per heavy atom. The summed E-state index contributed by atoms with van der Waals surface area (Å²) >= 11 is 0. The zero-order valence-electron chi connectivity index (χ0n) is 8.63. The summed E-state index contributed by atoms with van der Waals surface area (Å²) in [5, 5.41) is 0. The maximum Gasteiger partial charge on any atom is -0.0227 e. The average Bonchev–Trinajstić information content (AvgIpc) is 2.71. The van der Waals surface area contributed by atoms with Crippen LogP contribution in [0.15, 0.2) is 0 Å². The highest BCUT2D eigenvalue weighted by Crippen LogP contribution is 2.79. The molecule has 0 amide bonds. The van der Waals surface area contributed by atoms with Crippen molar-refractivity contribution in [2.75, 3.05) is 0 Å². The van der Waals surface area contributed by atoms with Crippen molar-refractivity contribution in [3.63, 3.8) is 0 Å². The summed E-state index contributed by atoms with van der Waals surface area (Å²) in [5.41, 5.74) is 0.934. The van der Waals surface area contributed by atoms with Gasteiger partial charge in [-0.25, -0.2) is 0 Å². The summed E-state index contributed by atoms with van der Waals surface area (Å²) in [6.45, 7) is 2.43. The molecule has 13 heavy (non-hydrogen) atoms. The first kappa shape index (κ1) is 7.31. The zero-order chi connectivity index (χ0) is 8.63. The lowest BCUT2D eigenvalue weighted by Gasteiger charge is -2.49. The van der Waals surface area contributed by atoms with E-state index in [1.54, 1.807) is 32.1 Å². The molecule has 4 bridgehead atoms. The molecule has 4 unspecified atom stereocenters. The molecule has 0 aromatic heterocycles. The molecule has 0 aromatic rings. The van der Waals surface area contributed by atoms with Gasteiger partial charge in [-0.05, 0) is 67.1 Å². The van der Waals surface area contributed by atoms with Crippen LogP contribution in [0.3, 0.4) is 0 Å². The number of hydrogen-bond donors (Lipinski definition) is 0. The molecular weight excluding hydrogens is 156 g/mol. The molecule has 5 aliphatic rings. The fraction of sp³-hybridized carbons (Fsp3) is 1.00. The summed E-state index contributed by atoms with van der Waals surface area (Å²) < 4.78 is 0. The maximum atomic E-state index is 2.43. The molecule has 0 heterocycles. The monoisotopic (exact) mass is 176 g/mol. The van der Waals surface area contributed by atoms with Crippen molar-refractivity contribution < 1.29 is 0 Å². The Bertz CT molecular complexity index is 239. The molecule has 0 saturated heterocycles. The van der Waals surface area contributed by atoms with Gasteiger partial charge in [0.2, 0.25) is 0 Å². The largest absolute Gasteiger partial charge is 0.0651 e. The van der Waals surface area contributed by atoms with E-state index in [0.29, 0.717) is 0 Å². The van der Waals surface area contributed by atoms with Crippen LogP contribution in [0, 0.1) is 35.0 Å². The van der Waals surface area contributed by atoms with Crippen LogP contribution in [0.4, 0.5) is 0 Å². The van der Waals surface area contributed by atoms with Crippen LogP contribution < -0.4 is 0 Å². The topological polar surface area (TPSA) is 0 Å². The predicted molar refractivity (Wildman–Crippen MR) is 53.3 cm³/mol. The summed E-state index contributed by atoms with van der Waals surface area (Å²) in [7, 11) is 0. The Morgan fingerprint density at radius 1 is 1.08 bits per heavy atom.